The van der Waals surface area contributed by atoms with Crippen LogP contribution >= 0.6 is 11.3 Å². The molecular weight excluding hydrogens is 256 g/mol. The Morgan fingerprint density at radius 1 is 1.26 bits per heavy atom. The number of carbonyl (C=O) groups is 1. The van der Waals surface area contributed by atoms with Crippen LogP contribution in [0, 0.1) is 0 Å². The van der Waals surface area contributed by atoms with Crippen molar-refractivity contribution < 1.29 is 4.79 Å². The lowest BCUT2D eigenvalue weighted by atomic mass is 10.2. The second-order valence-corrected chi connectivity index (χ2v) is 5.12. The number of hydrogen-bond donors (Lipinski definition) is 2. The van der Waals surface area contributed by atoms with E-state index in [0.717, 1.165) is 24.3 Å². The van der Waals surface area contributed by atoms with Crippen molar-refractivity contribution in [1.29, 1.82) is 0 Å². The number of amides is 1. The molecule has 0 saturated carbocycles. The average molecular weight is 274 g/mol. The van der Waals surface area contributed by atoms with E-state index in [0.29, 0.717) is 6.42 Å². The van der Waals surface area contributed by atoms with Crippen molar-refractivity contribution in [3.05, 3.63) is 52.2 Å². The fraction of sp³-hybridized carbons (Fsp3) is 0.267. The van der Waals surface area contributed by atoms with Gasteiger partial charge in [-0.05, 0) is 46.6 Å². The first-order valence-corrected chi connectivity index (χ1v) is 7.33. The highest BCUT2D eigenvalue weighted by molar-refractivity contribution is 7.08. The SMILES string of the molecule is CCNCc1cccc(NC(=O)Cc2ccsc2)c1. The van der Waals surface area contributed by atoms with Gasteiger partial charge in [-0.1, -0.05) is 19.1 Å². The van der Waals surface area contributed by atoms with E-state index in [1.54, 1.807) is 11.3 Å². The Hall–Kier alpha value is -1.65. The lowest BCUT2D eigenvalue weighted by Crippen LogP contribution is -2.15. The van der Waals surface area contributed by atoms with Crippen LogP contribution in [0.5, 0.6) is 0 Å². The van der Waals surface area contributed by atoms with Gasteiger partial charge in [-0.3, -0.25) is 4.79 Å². The van der Waals surface area contributed by atoms with Gasteiger partial charge in [0.25, 0.3) is 0 Å². The first-order valence-electron chi connectivity index (χ1n) is 6.38. The molecule has 1 heterocycles. The van der Waals surface area contributed by atoms with Gasteiger partial charge in [0.2, 0.25) is 5.91 Å². The summed E-state index contributed by atoms with van der Waals surface area (Å²) in [6.07, 6.45) is 0.431. The Bertz CT molecular complexity index is 523. The summed E-state index contributed by atoms with van der Waals surface area (Å²) in [5.41, 5.74) is 3.09. The summed E-state index contributed by atoms with van der Waals surface area (Å²) in [5.74, 6) is 0.0269. The number of nitrogens with one attached hydrogen (secondary N) is 2. The third-order valence-electron chi connectivity index (χ3n) is 2.73. The Kier molecular flexibility index (Phi) is 5.12. The highest BCUT2D eigenvalue weighted by atomic mass is 32.1. The number of hydrogen-bond acceptors (Lipinski definition) is 3. The molecule has 0 aliphatic carbocycles. The lowest BCUT2D eigenvalue weighted by Gasteiger charge is -2.07. The largest absolute Gasteiger partial charge is 0.326 e. The average Bonchev–Trinajstić information content (AvgIpc) is 2.89. The topological polar surface area (TPSA) is 41.1 Å². The van der Waals surface area contributed by atoms with E-state index in [9.17, 15) is 4.79 Å². The van der Waals surface area contributed by atoms with Gasteiger partial charge in [-0.25, -0.2) is 0 Å². The molecule has 2 rings (SSSR count). The van der Waals surface area contributed by atoms with E-state index >= 15 is 0 Å². The summed E-state index contributed by atoms with van der Waals surface area (Å²) in [4.78, 5) is 11.9. The molecule has 0 radical (unpaired) electrons. The maximum Gasteiger partial charge on any atom is 0.228 e. The molecule has 3 nitrogen and oxygen atoms in total. The minimum atomic E-state index is 0.0269. The maximum absolute atomic E-state index is 11.9. The standard InChI is InChI=1S/C15H18N2OS/c1-2-16-10-12-4-3-5-14(8-12)17-15(18)9-13-6-7-19-11-13/h3-8,11,16H,2,9-10H2,1H3,(H,17,18). The number of thiophene rings is 1. The monoisotopic (exact) mass is 274 g/mol. The Labute approximate surface area is 117 Å². The fourth-order valence-corrected chi connectivity index (χ4v) is 2.48. The van der Waals surface area contributed by atoms with Crippen molar-refractivity contribution >= 4 is 22.9 Å². The minimum absolute atomic E-state index is 0.0269. The zero-order valence-corrected chi connectivity index (χ0v) is 11.8. The van der Waals surface area contributed by atoms with E-state index in [2.05, 4.69) is 23.6 Å². The first-order chi connectivity index (χ1) is 9.28. The summed E-state index contributed by atoms with van der Waals surface area (Å²) < 4.78 is 0. The van der Waals surface area contributed by atoms with Crippen LogP contribution < -0.4 is 10.6 Å². The molecule has 0 aliphatic heterocycles. The second kappa shape index (κ2) is 7.07. The molecule has 100 valence electrons. The Morgan fingerprint density at radius 3 is 2.89 bits per heavy atom. The molecule has 0 bridgehead atoms. The van der Waals surface area contributed by atoms with E-state index in [1.807, 2.05) is 35.0 Å². The molecule has 1 aromatic heterocycles. The molecular formula is C15H18N2OS. The molecule has 0 saturated heterocycles. The Balaban J connectivity index is 1.92. The van der Waals surface area contributed by atoms with Crippen LogP contribution in [0.3, 0.4) is 0 Å². The molecule has 0 unspecified atom stereocenters. The molecule has 19 heavy (non-hydrogen) atoms. The summed E-state index contributed by atoms with van der Waals surface area (Å²) >= 11 is 1.61. The molecule has 0 atom stereocenters. The summed E-state index contributed by atoms with van der Waals surface area (Å²) in [7, 11) is 0. The van der Waals surface area contributed by atoms with Crippen LogP contribution in [0.4, 0.5) is 5.69 Å². The minimum Gasteiger partial charge on any atom is -0.326 e. The van der Waals surface area contributed by atoms with Crippen LogP contribution in [0.25, 0.3) is 0 Å². The molecule has 0 aliphatic rings. The van der Waals surface area contributed by atoms with Gasteiger partial charge in [0, 0.05) is 12.2 Å². The third-order valence-corrected chi connectivity index (χ3v) is 3.47. The van der Waals surface area contributed by atoms with Crippen LogP contribution in [-0.2, 0) is 17.8 Å². The van der Waals surface area contributed by atoms with Crippen LogP contribution in [0.15, 0.2) is 41.1 Å². The highest BCUT2D eigenvalue weighted by Gasteiger charge is 2.04. The molecule has 4 heteroatoms. The number of benzene rings is 1. The van der Waals surface area contributed by atoms with Gasteiger partial charge < -0.3 is 10.6 Å². The van der Waals surface area contributed by atoms with E-state index < -0.39 is 0 Å². The van der Waals surface area contributed by atoms with Crippen LogP contribution in [0.2, 0.25) is 0 Å². The maximum atomic E-state index is 11.9. The molecule has 1 aromatic carbocycles. The first kappa shape index (κ1) is 13.8. The summed E-state index contributed by atoms with van der Waals surface area (Å²) in [6.45, 7) is 3.84. The fourth-order valence-electron chi connectivity index (χ4n) is 1.81. The predicted molar refractivity (Wildman–Crippen MR) is 80.5 cm³/mol. The van der Waals surface area contributed by atoms with E-state index in [1.165, 1.54) is 5.56 Å². The molecule has 2 N–H and O–H groups in total. The van der Waals surface area contributed by atoms with Gasteiger partial charge in [0.05, 0.1) is 6.42 Å². The van der Waals surface area contributed by atoms with Gasteiger partial charge in [-0.2, -0.15) is 11.3 Å². The van der Waals surface area contributed by atoms with Crippen molar-refractivity contribution in [2.75, 3.05) is 11.9 Å². The number of carbonyl (C=O) groups excluding carboxylic acids is 1. The van der Waals surface area contributed by atoms with E-state index in [-0.39, 0.29) is 5.91 Å². The van der Waals surface area contributed by atoms with Crippen molar-refractivity contribution in [2.24, 2.45) is 0 Å². The number of rotatable bonds is 6. The zero-order chi connectivity index (χ0) is 13.5. The smallest absolute Gasteiger partial charge is 0.228 e. The highest BCUT2D eigenvalue weighted by Crippen LogP contribution is 2.12. The zero-order valence-electron chi connectivity index (χ0n) is 11.0. The lowest BCUT2D eigenvalue weighted by molar-refractivity contribution is -0.115. The van der Waals surface area contributed by atoms with Gasteiger partial charge in [-0.15, -0.1) is 0 Å². The third kappa shape index (κ3) is 4.50. The molecule has 1 amide bonds. The van der Waals surface area contributed by atoms with Crippen molar-refractivity contribution in [2.45, 2.75) is 19.9 Å². The van der Waals surface area contributed by atoms with E-state index in [4.69, 9.17) is 0 Å². The summed E-state index contributed by atoms with van der Waals surface area (Å²) in [5, 5.41) is 10.2. The predicted octanol–water partition coefficient (Wildman–Crippen LogP) is 3.04. The van der Waals surface area contributed by atoms with Crippen molar-refractivity contribution in [1.82, 2.24) is 5.32 Å². The summed E-state index contributed by atoms with van der Waals surface area (Å²) in [6, 6.07) is 9.92. The molecule has 0 spiro atoms. The molecule has 2 aromatic rings. The number of anilines is 1. The van der Waals surface area contributed by atoms with Crippen LogP contribution in [-0.4, -0.2) is 12.5 Å². The molecule has 0 fully saturated rings. The van der Waals surface area contributed by atoms with Gasteiger partial charge in [0.1, 0.15) is 0 Å². The van der Waals surface area contributed by atoms with Crippen molar-refractivity contribution in [3.63, 3.8) is 0 Å². The second-order valence-electron chi connectivity index (χ2n) is 4.34. The van der Waals surface area contributed by atoms with Gasteiger partial charge in [0.15, 0.2) is 0 Å². The normalized spacial score (nSPS) is 10.4. The quantitative estimate of drug-likeness (QED) is 0.850. The Morgan fingerprint density at radius 2 is 2.16 bits per heavy atom. The van der Waals surface area contributed by atoms with Crippen LogP contribution in [0.1, 0.15) is 18.1 Å². The van der Waals surface area contributed by atoms with Crippen molar-refractivity contribution in [3.8, 4) is 0 Å². The van der Waals surface area contributed by atoms with Gasteiger partial charge >= 0.3 is 0 Å².